The van der Waals surface area contributed by atoms with Crippen LogP contribution in [-0.4, -0.2) is 51.0 Å². The molecule has 12 nitrogen and oxygen atoms in total. The number of amides is 2. The molecule has 12 heteroatoms. The lowest BCUT2D eigenvalue weighted by atomic mass is 9.85. The Bertz CT molecular complexity index is 1510. The van der Waals surface area contributed by atoms with E-state index in [1.165, 1.54) is 0 Å². The number of amidine groups is 1. The molecule has 7 N–H and O–H groups in total. The van der Waals surface area contributed by atoms with Gasteiger partial charge < -0.3 is 30.8 Å². The second kappa shape index (κ2) is 17.2. The molecular formula is C33H47N9O3. The summed E-state index contributed by atoms with van der Waals surface area (Å²) in [5.74, 6) is 1.02. The highest BCUT2D eigenvalue weighted by atomic mass is 16.5. The number of aromatic nitrogens is 3. The Morgan fingerprint density at radius 1 is 1.13 bits per heavy atom. The number of nitrogens with one attached hydrogen (secondary N) is 4. The number of nitrogens with two attached hydrogens (primary N) is 1. The second-order valence-electron chi connectivity index (χ2n) is 11.1. The third-order valence-corrected chi connectivity index (χ3v) is 7.69. The van der Waals surface area contributed by atoms with E-state index in [1.807, 2.05) is 48.0 Å². The van der Waals surface area contributed by atoms with Crippen molar-refractivity contribution < 1.29 is 14.6 Å². The van der Waals surface area contributed by atoms with Gasteiger partial charge in [0, 0.05) is 18.4 Å². The van der Waals surface area contributed by atoms with Crippen LogP contribution in [0.3, 0.4) is 0 Å². The first kappa shape index (κ1) is 33.5. The molecule has 3 aromatic rings. The summed E-state index contributed by atoms with van der Waals surface area (Å²) in [6, 6.07) is 11.0. The molecule has 1 aliphatic rings. The first-order valence-corrected chi connectivity index (χ1v) is 15.9. The zero-order chi connectivity index (χ0) is 32.0. The summed E-state index contributed by atoms with van der Waals surface area (Å²) in [5.41, 5.74) is 9.67. The highest BCUT2D eigenvalue weighted by Gasteiger charge is 2.29. The largest absolute Gasteiger partial charge is 0.484 e. The fraction of sp³-hybridized carbons (Fsp3) is 0.455. The summed E-state index contributed by atoms with van der Waals surface area (Å²) in [5, 5.41) is 31.0. The number of benzene rings is 1. The van der Waals surface area contributed by atoms with E-state index >= 15 is 0 Å². The number of hydrogen-bond donors (Lipinski definition) is 6. The maximum absolute atomic E-state index is 13.2. The number of allylic oxidation sites excluding steroid dienone is 1. The maximum Gasteiger partial charge on any atom is 0.320 e. The molecule has 4 rings (SSSR count). The number of aliphatic hydroxyl groups is 1. The number of pyridine rings is 1. The summed E-state index contributed by atoms with van der Waals surface area (Å²) in [6.45, 7) is 7.14. The van der Waals surface area contributed by atoms with E-state index in [1.54, 1.807) is 29.2 Å². The summed E-state index contributed by atoms with van der Waals surface area (Å²) in [6.07, 6.45) is 11.9. The lowest BCUT2D eigenvalue weighted by Gasteiger charge is -2.32. The number of hydrogen-bond acceptors (Lipinski definition) is 8. The summed E-state index contributed by atoms with van der Waals surface area (Å²) >= 11 is 0. The zero-order valence-corrected chi connectivity index (χ0v) is 26.3. The quantitative estimate of drug-likeness (QED) is 0.0850. The predicted octanol–water partition coefficient (Wildman–Crippen LogP) is 4.17. The smallest absolute Gasteiger partial charge is 0.320 e. The highest BCUT2D eigenvalue weighted by Crippen LogP contribution is 2.38. The first-order chi connectivity index (χ1) is 21.9. The Kier molecular flexibility index (Phi) is 12.8. The average Bonchev–Trinajstić information content (AvgIpc) is 3.48. The minimum absolute atomic E-state index is 0.0369. The van der Waals surface area contributed by atoms with Gasteiger partial charge in [0.2, 0.25) is 0 Å². The van der Waals surface area contributed by atoms with Crippen LogP contribution in [0, 0.1) is 5.41 Å². The molecule has 0 saturated heterocycles. The summed E-state index contributed by atoms with van der Waals surface area (Å²) in [7, 11) is 0. The van der Waals surface area contributed by atoms with E-state index in [2.05, 4.69) is 33.0 Å². The molecule has 0 saturated carbocycles. The molecule has 2 amide bonds. The first-order valence-electron chi connectivity index (χ1n) is 15.9. The number of rotatable bonds is 15. The Hall–Kier alpha value is -4.42. The molecule has 2 heterocycles. The minimum Gasteiger partial charge on any atom is -0.484 e. The van der Waals surface area contributed by atoms with Gasteiger partial charge in [-0.3, -0.25) is 15.4 Å². The number of aliphatic imine (C=N–C) groups is 1. The van der Waals surface area contributed by atoms with Gasteiger partial charge >= 0.3 is 6.03 Å². The highest BCUT2D eigenvalue weighted by molar-refractivity contribution is 6.05. The van der Waals surface area contributed by atoms with Crippen LogP contribution in [0.1, 0.15) is 75.6 Å². The molecule has 45 heavy (non-hydrogen) atoms. The van der Waals surface area contributed by atoms with Crippen molar-refractivity contribution in [3.63, 3.8) is 0 Å². The van der Waals surface area contributed by atoms with E-state index in [-0.39, 0.29) is 18.8 Å². The van der Waals surface area contributed by atoms with E-state index in [9.17, 15) is 4.79 Å². The van der Waals surface area contributed by atoms with E-state index < -0.39 is 6.03 Å². The standard InChI is InChI=1S/C33H47N9O3/c1-3-24(34)20-32(38-25-21-37-42(22-25)18-19-43)40-33(44)39-29-13-14-30(28-11-7-6-10-27(28)29)45-26-12-15-31(35)41(23-26)17-9-5-8-16-36-4-2/h6-7,10-12,15,20-23,29-30,35-36,43H,3-5,8-9,13-14,16-19,34H2,1-2H3,(H2,38,39,40,44). The van der Waals surface area contributed by atoms with Gasteiger partial charge in [-0.05, 0) is 74.5 Å². The number of carbonyl (C=O) groups excluding carboxylic acids is 1. The normalized spacial score (nSPS) is 16.7. The van der Waals surface area contributed by atoms with Gasteiger partial charge in [-0.1, -0.05) is 44.5 Å². The molecule has 1 aliphatic carbocycles. The van der Waals surface area contributed by atoms with Crippen molar-refractivity contribution in [2.45, 2.75) is 77.6 Å². The second-order valence-corrected chi connectivity index (χ2v) is 11.1. The van der Waals surface area contributed by atoms with Gasteiger partial charge in [-0.15, -0.1) is 0 Å². The molecule has 0 bridgehead atoms. The summed E-state index contributed by atoms with van der Waals surface area (Å²) in [4.78, 5) is 17.7. The topological polar surface area (TPSA) is 168 Å². The Morgan fingerprint density at radius 3 is 2.73 bits per heavy atom. The van der Waals surface area contributed by atoms with Crippen molar-refractivity contribution in [2.75, 3.05) is 19.7 Å². The van der Waals surface area contributed by atoms with Crippen LogP contribution in [0.4, 0.5) is 10.5 Å². The van der Waals surface area contributed by atoms with E-state index in [0.717, 1.165) is 55.8 Å². The molecule has 242 valence electrons. The number of aliphatic hydroxyl groups excluding tert-OH is 1. The molecule has 2 unspecified atom stereocenters. The fourth-order valence-electron chi connectivity index (χ4n) is 5.31. The lowest BCUT2D eigenvalue weighted by Crippen LogP contribution is -2.42. The van der Waals surface area contributed by atoms with Crippen LogP contribution >= 0.6 is 0 Å². The van der Waals surface area contributed by atoms with Gasteiger partial charge in [0.25, 0.3) is 0 Å². The van der Waals surface area contributed by atoms with Crippen LogP contribution in [-0.2, 0) is 13.1 Å². The van der Waals surface area contributed by atoms with Crippen molar-refractivity contribution in [2.24, 2.45) is 10.7 Å². The molecule has 0 spiro atoms. The fourth-order valence-corrected chi connectivity index (χ4v) is 5.31. The minimum atomic E-state index is -0.395. The molecule has 0 fully saturated rings. The number of urea groups is 1. The number of ether oxygens (including phenoxy) is 1. The Labute approximate surface area is 264 Å². The monoisotopic (exact) mass is 617 g/mol. The Balaban J connectivity index is 1.42. The third-order valence-electron chi connectivity index (χ3n) is 7.69. The van der Waals surface area contributed by atoms with Crippen LogP contribution in [0.15, 0.2) is 71.8 Å². The Morgan fingerprint density at radius 2 is 1.96 bits per heavy atom. The number of fused-ring (bicyclic) bond motifs is 1. The van der Waals surface area contributed by atoms with Crippen molar-refractivity contribution >= 4 is 17.6 Å². The summed E-state index contributed by atoms with van der Waals surface area (Å²) < 4.78 is 10.0. The molecule has 2 atom stereocenters. The number of carbonyl (C=O) groups is 1. The van der Waals surface area contributed by atoms with E-state index in [0.29, 0.717) is 48.5 Å². The van der Waals surface area contributed by atoms with Crippen LogP contribution in [0.5, 0.6) is 5.75 Å². The van der Waals surface area contributed by atoms with Crippen molar-refractivity contribution in [1.82, 2.24) is 30.3 Å². The van der Waals surface area contributed by atoms with Gasteiger partial charge in [0.15, 0.2) is 0 Å². The van der Waals surface area contributed by atoms with Gasteiger partial charge in [-0.2, -0.15) is 5.10 Å². The maximum atomic E-state index is 13.2. The van der Waals surface area contributed by atoms with Crippen LogP contribution < -0.4 is 31.9 Å². The van der Waals surface area contributed by atoms with Gasteiger partial charge in [0.1, 0.15) is 28.9 Å². The number of unbranched alkanes of at least 4 members (excludes halogenated alkanes) is 2. The SMILES string of the molecule is CCNCCCCCn1cc(OC2CCC(NC(=O)NC(C=C(N)CC)=Nc3cnn(CCO)c3)c3ccccc32)ccc1=N. The number of nitrogens with zero attached hydrogens (tertiary/aromatic N) is 4. The number of aryl methyl sites for hydroxylation is 1. The average molecular weight is 618 g/mol. The predicted molar refractivity (Wildman–Crippen MR) is 175 cm³/mol. The molecule has 0 aliphatic heterocycles. The molecule has 0 radical (unpaired) electrons. The van der Waals surface area contributed by atoms with Crippen LogP contribution in [0.25, 0.3) is 0 Å². The molecule has 2 aromatic heterocycles. The third kappa shape index (κ3) is 10.0. The van der Waals surface area contributed by atoms with Gasteiger partial charge in [-0.25, -0.2) is 9.79 Å². The van der Waals surface area contributed by atoms with Gasteiger partial charge in [0.05, 0.1) is 31.6 Å². The lowest BCUT2D eigenvalue weighted by molar-refractivity contribution is 0.170. The zero-order valence-electron chi connectivity index (χ0n) is 26.3. The van der Waals surface area contributed by atoms with Crippen molar-refractivity contribution in [3.05, 3.63) is 83.4 Å². The van der Waals surface area contributed by atoms with Crippen molar-refractivity contribution in [3.8, 4) is 5.75 Å². The molecule has 1 aromatic carbocycles. The van der Waals surface area contributed by atoms with E-state index in [4.69, 9.17) is 21.0 Å². The van der Waals surface area contributed by atoms with Crippen LogP contribution in [0.2, 0.25) is 0 Å². The molecular weight excluding hydrogens is 570 g/mol. The van der Waals surface area contributed by atoms with Crippen molar-refractivity contribution in [1.29, 1.82) is 5.41 Å².